The summed E-state index contributed by atoms with van der Waals surface area (Å²) in [4.78, 5) is 15.1. The van der Waals surface area contributed by atoms with Crippen molar-refractivity contribution in [1.29, 1.82) is 0 Å². The predicted octanol–water partition coefficient (Wildman–Crippen LogP) is 4.40. The minimum Gasteiger partial charge on any atom is -0.356 e. The highest BCUT2D eigenvalue weighted by Gasteiger charge is 2.31. The van der Waals surface area contributed by atoms with E-state index in [0.717, 1.165) is 45.3 Å². The smallest absolute Gasteiger partial charge is 0.224 e. The molecule has 1 unspecified atom stereocenters. The maximum Gasteiger partial charge on any atom is 0.224 e. The van der Waals surface area contributed by atoms with Crippen LogP contribution in [0.3, 0.4) is 0 Å². The first-order valence-corrected chi connectivity index (χ1v) is 9.91. The van der Waals surface area contributed by atoms with Crippen molar-refractivity contribution in [2.24, 2.45) is 5.92 Å². The van der Waals surface area contributed by atoms with Gasteiger partial charge in [-0.15, -0.1) is 0 Å². The molecule has 1 amide bonds. The molecule has 1 heterocycles. The van der Waals surface area contributed by atoms with Gasteiger partial charge in [-0.2, -0.15) is 0 Å². The Morgan fingerprint density at radius 3 is 2.27 bits per heavy atom. The number of unbranched alkanes of at least 4 members (excludes halogenated alkanes) is 1. The van der Waals surface area contributed by atoms with Crippen LogP contribution in [0.4, 0.5) is 0 Å². The van der Waals surface area contributed by atoms with E-state index >= 15 is 0 Å². The van der Waals surface area contributed by atoms with Crippen LogP contribution in [-0.2, 0) is 4.79 Å². The molecule has 0 aromatic heterocycles. The number of nitrogens with one attached hydrogen (secondary N) is 1. The molecule has 1 atom stereocenters. The highest BCUT2D eigenvalue weighted by atomic mass is 16.1. The minimum absolute atomic E-state index is 0.0931. The zero-order valence-electron chi connectivity index (χ0n) is 15.7. The van der Waals surface area contributed by atoms with E-state index in [1.807, 2.05) is 0 Å². The zero-order valence-corrected chi connectivity index (χ0v) is 15.7. The molecule has 2 aromatic rings. The molecule has 0 saturated carbocycles. The lowest BCUT2D eigenvalue weighted by atomic mass is 9.91. The van der Waals surface area contributed by atoms with Crippen LogP contribution >= 0.6 is 0 Å². The van der Waals surface area contributed by atoms with Crippen molar-refractivity contribution in [2.75, 3.05) is 19.6 Å². The number of piperidine rings is 1. The lowest BCUT2D eigenvalue weighted by Gasteiger charge is -2.38. The summed E-state index contributed by atoms with van der Waals surface area (Å²) < 4.78 is 0. The van der Waals surface area contributed by atoms with Gasteiger partial charge >= 0.3 is 0 Å². The van der Waals surface area contributed by atoms with E-state index in [1.54, 1.807) is 0 Å². The van der Waals surface area contributed by atoms with Gasteiger partial charge in [-0.05, 0) is 36.9 Å². The average molecular weight is 351 g/mol. The van der Waals surface area contributed by atoms with Gasteiger partial charge in [-0.1, -0.05) is 74.0 Å². The molecule has 0 spiro atoms. The van der Waals surface area contributed by atoms with Crippen LogP contribution in [0, 0.1) is 5.92 Å². The van der Waals surface area contributed by atoms with Crippen LogP contribution in [0.1, 0.15) is 49.8 Å². The second kappa shape index (κ2) is 9.54. The third-order valence-corrected chi connectivity index (χ3v) is 5.25. The maximum atomic E-state index is 12.6. The Bertz CT molecular complexity index is 632. The molecule has 3 heteroatoms. The summed E-state index contributed by atoms with van der Waals surface area (Å²) in [5, 5.41) is 3.13. The Labute approximate surface area is 157 Å². The first-order valence-electron chi connectivity index (χ1n) is 9.91. The minimum atomic E-state index is 0.0931. The number of benzene rings is 2. The number of hydrogen-bond acceptors (Lipinski definition) is 2. The molecule has 2 aromatic carbocycles. The number of nitrogens with zero attached hydrogens (tertiary/aromatic N) is 1. The average Bonchev–Trinajstić information content (AvgIpc) is 2.70. The highest BCUT2D eigenvalue weighted by molar-refractivity contribution is 5.78. The van der Waals surface area contributed by atoms with Crippen molar-refractivity contribution in [3.8, 4) is 0 Å². The number of carbonyl (C=O) groups is 1. The van der Waals surface area contributed by atoms with E-state index in [0.29, 0.717) is 0 Å². The fourth-order valence-corrected chi connectivity index (χ4v) is 3.87. The lowest BCUT2D eigenvalue weighted by molar-refractivity contribution is -0.126. The summed E-state index contributed by atoms with van der Waals surface area (Å²) >= 11 is 0. The number of rotatable bonds is 7. The van der Waals surface area contributed by atoms with E-state index in [4.69, 9.17) is 0 Å². The van der Waals surface area contributed by atoms with Gasteiger partial charge in [-0.25, -0.2) is 0 Å². The van der Waals surface area contributed by atoms with E-state index in [-0.39, 0.29) is 17.9 Å². The van der Waals surface area contributed by atoms with Crippen LogP contribution in [0.15, 0.2) is 60.7 Å². The third-order valence-electron chi connectivity index (χ3n) is 5.25. The predicted molar refractivity (Wildman–Crippen MR) is 107 cm³/mol. The zero-order chi connectivity index (χ0) is 18.2. The fraction of sp³-hybridized carbons (Fsp3) is 0.435. The third kappa shape index (κ3) is 4.73. The van der Waals surface area contributed by atoms with Crippen molar-refractivity contribution in [1.82, 2.24) is 10.2 Å². The normalized spacial score (nSPS) is 18.0. The van der Waals surface area contributed by atoms with E-state index in [9.17, 15) is 4.79 Å². The summed E-state index contributed by atoms with van der Waals surface area (Å²) in [7, 11) is 0. The molecule has 1 aliphatic heterocycles. The van der Waals surface area contributed by atoms with Gasteiger partial charge in [0.2, 0.25) is 5.91 Å². The number of hydrogen-bond donors (Lipinski definition) is 1. The van der Waals surface area contributed by atoms with Crippen LogP contribution in [0.5, 0.6) is 0 Å². The summed E-state index contributed by atoms with van der Waals surface area (Å²) in [6.45, 7) is 4.81. The largest absolute Gasteiger partial charge is 0.356 e. The van der Waals surface area contributed by atoms with Gasteiger partial charge in [0.15, 0.2) is 0 Å². The molecule has 0 aliphatic carbocycles. The molecule has 1 fully saturated rings. The van der Waals surface area contributed by atoms with Crippen molar-refractivity contribution < 1.29 is 4.79 Å². The topological polar surface area (TPSA) is 32.3 Å². The quantitative estimate of drug-likeness (QED) is 0.751. The second-order valence-electron chi connectivity index (χ2n) is 7.20. The van der Waals surface area contributed by atoms with Gasteiger partial charge in [0, 0.05) is 13.1 Å². The standard InChI is InChI=1S/C23H30N2O/c1-2-3-16-24-23(26)21-15-10-17-25(18-21)22(19-11-6-4-7-12-19)20-13-8-5-9-14-20/h4-9,11-14,21-22H,2-3,10,15-18H2,1H3,(H,24,26). The Hall–Kier alpha value is -2.13. The van der Waals surface area contributed by atoms with E-state index in [1.165, 1.54) is 11.1 Å². The molecular formula is C23H30N2O. The molecule has 0 radical (unpaired) electrons. The molecule has 138 valence electrons. The number of amides is 1. The number of likely N-dealkylation sites (tertiary alicyclic amines) is 1. The van der Waals surface area contributed by atoms with E-state index < -0.39 is 0 Å². The van der Waals surface area contributed by atoms with Crippen molar-refractivity contribution >= 4 is 5.91 Å². The van der Waals surface area contributed by atoms with Crippen LogP contribution in [0.25, 0.3) is 0 Å². The molecule has 1 N–H and O–H groups in total. The van der Waals surface area contributed by atoms with Crippen molar-refractivity contribution in [3.05, 3.63) is 71.8 Å². The van der Waals surface area contributed by atoms with Gasteiger partial charge in [0.05, 0.1) is 12.0 Å². The molecule has 1 aliphatic rings. The Balaban J connectivity index is 1.77. The summed E-state index contributed by atoms with van der Waals surface area (Å²) in [5.41, 5.74) is 2.59. The van der Waals surface area contributed by atoms with Crippen LogP contribution < -0.4 is 5.32 Å². The monoisotopic (exact) mass is 350 g/mol. The molecular weight excluding hydrogens is 320 g/mol. The fourth-order valence-electron chi connectivity index (χ4n) is 3.87. The van der Waals surface area contributed by atoms with Crippen LogP contribution in [-0.4, -0.2) is 30.4 Å². The molecule has 0 bridgehead atoms. The van der Waals surface area contributed by atoms with Gasteiger partial charge in [0.1, 0.15) is 0 Å². The Morgan fingerprint density at radius 2 is 1.69 bits per heavy atom. The highest BCUT2D eigenvalue weighted by Crippen LogP contribution is 2.32. The molecule has 26 heavy (non-hydrogen) atoms. The summed E-state index contributed by atoms with van der Waals surface area (Å²) in [6, 6.07) is 21.5. The first kappa shape index (κ1) is 18.7. The van der Waals surface area contributed by atoms with Crippen molar-refractivity contribution in [2.45, 2.75) is 38.6 Å². The Morgan fingerprint density at radius 1 is 1.08 bits per heavy atom. The van der Waals surface area contributed by atoms with Crippen LogP contribution in [0.2, 0.25) is 0 Å². The molecule has 3 rings (SSSR count). The van der Waals surface area contributed by atoms with Crippen molar-refractivity contribution in [3.63, 3.8) is 0 Å². The molecule has 3 nitrogen and oxygen atoms in total. The second-order valence-corrected chi connectivity index (χ2v) is 7.20. The van der Waals surface area contributed by atoms with E-state index in [2.05, 4.69) is 77.8 Å². The van der Waals surface area contributed by atoms with Gasteiger partial charge in [-0.3, -0.25) is 9.69 Å². The maximum absolute atomic E-state index is 12.6. The first-order chi connectivity index (χ1) is 12.8. The Kier molecular flexibility index (Phi) is 6.84. The SMILES string of the molecule is CCCCNC(=O)C1CCCN(C(c2ccccc2)c2ccccc2)C1. The van der Waals surface area contributed by atoms with Gasteiger partial charge < -0.3 is 5.32 Å². The summed E-state index contributed by atoms with van der Waals surface area (Å²) in [6.07, 6.45) is 4.23. The lowest BCUT2D eigenvalue weighted by Crippen LogP contribution is -2.44. The van der Waals surface area contributed by atoms with Gasteiger partial charge in [0.25, 0.3) is 0 Å². The number of carbonyl (C=O) groups excluding carboxylic acids is 1. The molecule has 1 saturated heterocycles. The summed E-state index contributed by atoms with van der Waals surface area (Å²) in [5.74, 6) is 0.318.